The summed E-state index contributed by atoms with van der Waals surface area (Å²) < 4.78 is 25.2. The number of aromatic nitrogens is 3. The minimum Gasteiger partial charge on any atom is -0.326 e. The fourth-order valence-corrected chi connectivity index (χ4v) is 3.52. The predicted molar refractivity (Wildman–Crippen MR) is 84.3 cm³/mol. The Morgan fingerprint density at radius 1 is 1.26 bits per heavy atom. The van der Waals surface area contributed by atoms with Gasteiger partial charge in [-0.3, -0.25) is 4.79 Å². The van der Waals surface area contributed by atoms with Crippen molar-refractivity contribution in [1.82, 2.24) is 14.2 Å². The van der Waals surface area contributed by atoms with Crippen LogP contribution >= 0.6 is 0 Å². The Bertz CT molecular complexity index is 766. The summed E-state index contributed by atoms with van der Waals surface area (Å²) >= 11 is 0. The van der Waals surface area contributed by atoms with E-state index in [0.717, 1.165) is 23.2 Å². The van der Waals surface area contributed by atoms with Gasteiger partial charge in [-0.1, -0.05) is 19.3 Å². The van der Waals surface area contributed by atoms with Crippen molar-refractivity contribution >= 4 is 21.6 Å². The van der Waals surface area contributed by atoms with Gasteiger partial charge in [-0.25, -0.2) is 4.98 Å². The number of rotatable bonds is 6. The summed E-state index contributed by atoms with van der Waals surface area (Å²) in [6.07, 6.45) is 7.44. The lowest BCUT2D eigenvalue weighted by molar-refractivity contribution is -0.116. The Morgan fingerprint density at radius 2 is 2.00 bits per heavy atom. The average molecular weight is 334 g/mol. The molecule has 1 aliphatic rings. The van der Waals surface area contributed by atoms with E-state index in [-0.39, 0.29) is 10.8 Å². The van der Waals surface area contributed by atoms with Crippen molar-refractivity contribution in [1.29, 1.82) is 0 Å². The molecule has 3 rings (SSSR count). The van der Waals surface area contributed by atoms with Crippen molar-refractivity contribution in [2.75, 3.05) is 5.32 Å². The van der Waals surface area contributed by atoms with E-state index in [1.54, 1.807) is 12.1 Å². The van der Waals surface area contributed by atoms with Crippen molar-refractivity contribution in [3.8, 4) is 0 Å². The predicted octanol–water partition coefficient (Wildman–Crippen LogP) is 2.03. The third kappa shape index (κ3) is 3.58. The monoisotopic (exact) mass is 334 g/mol. The van der Waals surface area contributed by atoms with Crippen LogP contribution < -0.4 is 5.32 Å². The van der Waals surface area contributed by atoms with Crippen molar-refractivity contribution < 1.29 is 13.2 Å². The van der Waals surface area contributed by atoms with Crippen LogP contribution in [0, 0.1) is 5.92 Å². The van der Waals surface area contributed by atoms with Crippen LogP contribution in [0.1, 0.15) is 32.1 Å². The summed E-state index contributed by atoms with van der Waals surface area (Å²) in [6.45, 7) is 0. The van der Waals surface area contributed by atoms with Crippen LogP contribution in [-0.2, 0) is 14.8 Å². The van der Waals surface area contributed by atoms with Gasteiger partial charge in [-0.05, 0) is 36.6 Å². The van der Waals surface area contributed by atoms with Crippen molar-refractivity contribution in [2.24, 2.45) is 5.92 Å². The first-order valence-corrected chi connectivity index (χ1v) is 9.00. The molecular weight excluding hydrogens is 316 g/mol. The molecule has 0 radical (unpaired) electrons. The summed E-state index contributed by atoms with van der Waals surface area (Å²) in [5, 5.41) is 6.43. The van der Waals surface area contributed by atoms with E-state index in [1.165, 1.54) is 31.4 Å². The molecule has 8 heteroatoms. The minimum atomic E-state index is -3.73. The Morgan fingerprint density at radius 3 is 2.57 bits per heavy atom. The molecule has 1 saturated carbocycles. The quantitative estimate of drug-likeness (QED) is 0.872. The molecule has 0 unspecified atom stereocenters. The van der Waals surface area contributed by atoms with Crippen molar-refractivity contribution in [3.63, 3.8) is 0 Å². The van der Waals surface area contributed by atoms with Gasteiger partial charge >= 0.3 is 0 Å². The highest BCUT2D eigenvalue weighted by atomic mass is 32.2. The molecule has 1 heterocycles. The lowest BCUT2D eigenvalue weighted by atomic mass is 9.82. The number of carbonyl (C=O) groups is 1. The van der Waals surface area contributed by atoms with E-state index in [1.807, 2.05) is 0 Å². The van der Waals surface area contributed by atoms with E-state index >= 15 is 0 Å². The molecule has 7 nitrogen and oxygen atoms in total. The molecule has 1 aromatic heterocycles. The molecule has 2 aromatic rings. The Labute approximate surface area is 134 Å². The van der Waals surface area contributed by atoms with Crippen LogP contribution in [0.4, 0.5) is 5.69 Å². The fourth-order valence-electron chi connectivity index (χ4n) is 2.48. The number of anilines is 1. The molecule has 0 saturated heterocycles. The van der Waals surface area contributed by atoms with Gasteiger partial charge in [0.05, 0.1) is 4.90 Å². The summed E-state index contributed by atoms with van der Waals surface area (Å²) in [6, 6.07) is 6.03. The van der Waals surface area contributed by atoms with Crippen LogP contribution in [-0.4, -0.2) is 28.5 Å². The third-order valence-corrected chi connectivity index (χ3v) is 5.63. The molecule has 0 aliphatic heterocycles. The number of benzene rings is 1. The number of nitrogens with one attached hydrogen (secondary N) is 1. The van der Waals surface area contributed by atoms with Gasteiger partial charge in [0.15, 0.2) is 0 Å². The maximum Gasteiger partial charge on any atom is 0.284 e. The van der Waals surface area contributed by atoms with Gasteiger partial charge in [0, 0.05) is 12.1 Å². The Hall–Kier alpha value is -2.22. The smallest absolute Gasteiger partial charge is 0.284 e. The lowest BCUT2D eigenvalue weighted by Crippen LogP contribution is -2.17. The number of nitrogens with zero attached hydrogens (tertiary/aromatic N) is 3. The zero-order valence-electron chi connectivity index (χ0n) is 12.6. The van der Waals surface area contributed by atoms with Crippen LogP contribution in [0.3, 0.4) is 0 Å². The third-order valence-electron chi connectivity index (χ3n) is 4.08. The van der Waals surface area contributed by atoms with Crippen LogP contribution in [0.5, 0.6) is 0 Å². The molecule has 0 spiro atoms. The van der Waals surface area contributed by atoms with Gasteiger partial charge in [-0.15, -0.1) is 9.19 Å². The fraction of sp³-hybridized carbons (Fsp3) is 0.400. The van der Waals surface area contributed by atoms with Crippen molar-refractivity contribution in [2.45, 2.75) is 37.0 Å². The molecule has 122 valence electrons. The lowest BCUT2D eigenvalue weighted by Gasteiger charge is -2.24. The molecule has 1 amide bonds. The molecular formula is C15H18N4O3S. The Kier molecular flexibility index (Phi) is 4.42. The van der Waals surface area contributed by atoms with Crippen LogP contribution in [0.15, 0.2) is 41.8 Å². The molecule has 1 aromatic carbocycles. The molecule has 23 heavy (non-hydrogen) atoms. The molecule has 1 N–H and O–H groups in total. The minimum absolute atomic E-state index is 0.0382. The molecule has 0 bridgehead atoms. The summed E-state index contributed by atoms with van der Waals surface area (Å²) in [4.78, 5) is 15.6. The molecule has 1 aliphatic carbocycles. The number of amides is 1. The highest BCUT2D eigenvalue weighted by molar-refractivity contribution is 7.89. The zero-order chi connectivity index (χ0) is 16.3. The maximum atomic E-state index is 12.2. The second kappa shape index (κ2) is 6.49. The first-order valence-electron chi connectivity index (χ1n) is 7.56. The van der Waals surface area contributed by atoms with Gasteiger partial charge in [0.2, 0.25) is 5.91 Å². The van der Waals surface area contributed by atoms with Gasteiger partial charge in [0.25, 0.3) is 10.0 Å². The molecule has 1 fully saturated rings. The van der Waals surface area contributed by atoms with Gasteiger partial charge in [0.1, 0.15) is 12.7 Å². The zero-order valence-corrected chi connectivity index (χ0v) is 13.4. The summed E-state index contributed by atoms with van der Waals surface area (Å²) in [7, 11) is -3.73. The highest BCUT2D eigenvalue weighted by Crippen LogP contribution is 2.30. The van der Waals surface area contributed by atoms with E-state index in [2.05, 4.69) is 15.4 Å². The van der Waals surface area contributed by atoms with Crippen molar-refractivity contribution in [3.05, 3.63) is 36.9 Å². The average Bonchev–Trinajstić information content (AvgIpc) is 3.01. The number of hydrogen-bond donors (Lipinski definition) is 1. The van der Waals surface area contributed by atoms with E-state index in [9.17, 15) is 13.2 Å². The number of hydrogen-bond acceptors (Lipinski definition) is 5. The first kappa shape index (κ1) is 15.7. The Balaban J connectivity index is 1.61. The van der Waals surface area contributed by atoms with Gasteiger partial charge < -0.3 is 5.32 Å². The van der Waals surface area contributed by atoms with E-state index in [4.69, 9.17) is 0 Å². The largest absolute Gasteiger partial charge is 0.326 e. The first-order chi connectivity index (χ1) is 11.1. The SMILES string of the molecule is O=C(CCC1CCC1)Nc1ccc(S(=O)(=O)n2cncn2)cc1. The van der Waals surface area contributed by atoms with Crippen LogP contribution in [0.2, 0.25) is 0 Å². The van der Waals surface area contributed by atoms with Gasteiger partial charge in [-0.2, -0.15) is 8.42 Å². The highest BCUT2D eigenvalue weighted by Gasteiger charge is 2.19. The second-order valence-electron chi connectivity index (χ2n) is 5.68. The standard InChI is InChI=1S/C15H18N4O3S/c20-15(9-4-12-2-1-3-12)18-13-5-7-14(8-6-13)23(21,22)19-11-16-10-17-19/h5-8,10-12H,1-4,9H2,(H,18,20). The normalized spacial score (nSPS) is 15.1. The summed E-state index contributed by atoms with van der Waals surface area (Å²) in [5.41, 5.74) is 0.584. The maximum absolute atomic E-state index is 12.2. The summed E-state index contributed by atoms with van der Waals surface area (Å²) in [5.74, 6) is 0.653. The number of carbonyl (C=O) groups excluding carboxylic acids is 1. The van der Waals surface area contributed by atoms with Crippen LogP contribution in [0.25, 0.3) is 0 Å². The topological polar surface area (TPSA) is 94.0 Å². The molecule has 0 atom stereocenters. The van der Waals surface area contributed by atoms with E-state index < -0.39 is 10.0 Å². The second-order valence-corrected chi connectivity index (χ2v) is 7.48. The van der Waals surface area contributed by atoms with E-state index in [0.29, 0.717) is 18.0 Å².